The van der Waals surface area contributed by atoms with Crippen LogP contribution in [-0.4, -0.2) is 20.2 Å². The summed E-state index contributed by atoms with van der Waals surface area (Å²) in [6, 6.07) is 14.3. The first-order chi connectivity index (χ1) is 10.2. The van der Waals surface area contributed by atoms with Crippen LogP contribution in [0.2, 0.25) is 0 Å². The van der Waals surface area contributed by atoms with Gasteiger partial charge in [0.1, 0.15) is 5.82 Å². The Kier molecular flexibility index (Phi) is 3.59. The highest BCUT2D eigenvalue weighted by Crippen LogP contribution is 2.15. The van der Waals surface area contributed by atoms with Crippen LogP contribution in [0.5, 0.6) is 0 Å². The van der Waals surface area contributed by atoms with Crippen LogP contribution in [-0.2, 0) is 6.54 Å². The summed E-state index contributed by atoms with van der Waals surface area (Å²) < 4.78 is 14.8. The van der Waals surface area contributed by atoms with Gasteiger partial charge in [-0.15, -0.1) is 5.10 Å². The molecule has 3 aromatic rings. The summed E-state index contributed by atoms with van der Waals surface area (Å²) in [5.41, 5.74) is 2.69. The normalized spacial score (nSPS) is 10.6. The maximum absolute atomic E-state index is 13.1. The Morgan fingerprint density at radius 1 is 1.14 bits per heavy atom. The molecule has 0 radical (unpaired) electrons. The summed E-state index contributed by atoms with van der Waals surface area (Å²) in [7, 11) is 0. The van der Waals surface area contributed by atoms with E-state index in [1.54, 1.807) is 10.7 Å². The van der Waals surface area contributed by atoms with Gasteiger partial charge in [-0.3, -0.25) is 0 Å². The number of rotatable bonds is 4. The molecule has 0 fully saturated rings. The van der Waals surface area contributed by atoms with E-state index in [1.165, 1.54) is 12.1 Å². The molecule has 106 valence electrons. The Morgan fingerprint density at radius 3 is 2.76 bits per heavy atom. The molecule has 0 aliphatic rings. The van der Waals surface area contributed by atoms with E-state index >= 15 is 0 Å². The molecule has 0 aliphatic carbocycles. The zero-order valence-corrected chi connectivity index (χ0v) is 11.5. The zero-order chi connectivity index (χ0) is 14.7. The summed E-state index contributed by atoms with van der Waals surface area (Å²) in [5.74, 6) is 0.490. The van der Waals surface area contributed by atoms with Crippen molar-refractivity contribution in [3.8, 4) is 5.69 Å². The highest BCUT2D eigenvalue weighted by Gasteiger charge is 2.04. The van der Waals surface area contributed by atoms with Crippen LogP contribution in [0.4, 0.5) is 10.1 Å². The van der Waals surface area contributed by atoms with Crippen LogP contribution >= 0.6 is 0 Å². The van der Waals surface area contributed by atoms with E-state index in [9.17, 15) is 4.39 Å². The van der Waals surface area contributed by atoms with Crippen LogP contribution < -0.4 is 5.32 Å². The van der Waals surface area contributed by atoms with Gasteiger partial charge in [-0.1, -0.05) is 18.2 Å². The third-order valence-electron chi connectivity index (χ3n) is 3.10. The van der Waals surface area contributed by atoms with E-state index in [1.807, 2.05) is 37.3 Å². The van der Waals surface area contributed by atoms with Crippen LogP contribution in [0, 0.1) is 12.7 Å². The molecule has 0 bridgehead atoms. The second-order valence-corrected chi connectivity index (χ2v) is 4.67. The van der Waals surface area contributed by atoms with Gasteiger partial charge in [0.15, 0.2) is 5.82 Å². The maximum atomic E-state index is 13.1. The molecule has 21 heavy (non-hydrogen) atoms. The van der Waals surface area contributed by atoms with Crippen molar-refractivity contribution in [2.75, 3.05) is 5.32 Å². The second kappa shape index (κ2) is 5.70. The van der Waals surface area contributed by atoms with Crippen molar-refractivity contribution in [3.63, 3.8) is 0 Å². The minimum atomic E-state index is -0.229. The predicted octanol–water partition coefficient (Wildman–Crippen LogP) is 2.72. The third kappa shape index (κ3) is 3.05. The Bertz CT molecular complexity index is 753. The number of halogens is 1. The van der Waals surface area contributed by atoms with Crippen LogP contribution in [0.25, 0.3) is 5.69 Å². The number of aromatic nitrogens is 4. The molecule has 0 aliphatic heterocycles. The van der Waals surface area contributed by atoms with Crippen molar-refractivity contribution in [2.45, 2.75) is 13.5 Å². The minimum absolute atomic E-state index is 0.229. The van der Waals surface area contributed by atoms with E-state index in [0.717, 1.165) is 22.8 Å². The lowest BCUT2D eigenvalue weighted by atomic mass is 10.2. The van der Waals surface area contributed by atoms with Gasteiger partial charge in [-0.2, -0.15) is 4.68 Å². The van der Waals surface area contributed by atoms with Crippen molar-refractivity contribution in [1.82, 2.24) is 20.2 Å². The number of aryl methyl sites for hydroxylation is 1. The smallest absolute Gasteiger partial charge is 0.153 e. The van der Waals surface area contributed by atoms with Gasteiger partial charge in [0.25, 0.3) is 0 Å². The first-order valence-corrected chi connectivity index (χ1v) is 6.56. The average molecular weight is 283 g/mol. The highest BCUT2D eigenvalue weighted by atomic mass is 19.1. The standard InChI is InChI=1S/C15H14FN5/c1-11-18-19-20-21(11)15-7-3-6-14(9-15)17-10-12-4-2-5-13(16)8-12/h2-9,17H,10H2,1H3. The molecular formula is C15H14FN5. The fourth-order valence-corrected chi connectivity index (χ4v) is 2.07. The van der Waals surface area contributed by atoms with E-state index in [4.69, 9.17) is 0 Å². The van der Waals surface area contributed by atoms with Gasteiger partial charge in [-0.25, -0.2) is 4.39 Å². The largest absolute Gasteiger partial charge is 0.381 e. The third-order valence-corrected chi connectivity index (χ3v) is 3.10. The van der Waals surface area contributed by atoms with Gasteiger partial charge >= 0.3 is 0 Å². The van der Waals surface area contributed by atoms with E-state index < -0.39 is 0 Å². The zero-order valence-electron chi connectivity index (χ0n) is 11.5. The Hall–Kier alpha value is -2.76. The summed E-state index contributed by atoms with van der Waals surface area (Å²) >= 11 is 0. The second-order valence-electron chi connectivity index (χ2n) is 4.67. The first kappa shape index (κ1) is 13.2. The molecule has 0 spiro atoms. The average Bonchev–Trinajstić information content (AvgIpc) is 2.92. The SMILES string of the molecule is Cc1nnnn1-c1cccc(NCc2cccc(F)c2)c1. The molecule has 3 rings (SSSR count). The van der Waals surface area contributed by atoms with E-state index in [2.05, 4.69) is 20.8 Å². The monoisotopic (exact) mass is 283 g/mol. The number of hydrogen-bond donors (Lipinski definition) is 1. The molecule has 0 saturated carbocycles. The molecule has 1 heterocycles. The van der Waals surface area contributed by atoms with Crippen molar-refractivity contribution in [3.05, 3.63) is 65.7 Å². The van der Waals surface area contributed by atoms with Gasteiger partial charge < -0.3 is 5.32 Å². The van der Waals surface area contributed by atoms with Gasteiger partial charge in [-0.05, 0) is 53.2 Å². The van der Waals surface area contributed by atoms with E-state index in [-0.39, 0.29) is 5.82 Å². The fourth-order valence-electron chi connectivity index (χ4n) is 2.07. The topological polar surface area (TPSA) is 55.6 Å². The van der Waals surface area contributed by atoms with Crippen molar-refractivity contribution < 1.29 is 4.39 Å². The molecule has 0 atom stereocenters. The number of nitrogens with zero attached hydrogens (tertiary/aromatic N) is 4. The number of benzene rings is 2. The Balaban J connectivity index is 1.76. The summed E-state index contributed by atoms with van der Waals surface area (Å²) in [4.78, 5) is 0. The highest BCUT2D eigenvalue weighted by molar-refractivity contribution is 5.51. The summed E-state index contributed by atoms with van der Waals surface area (Å²) in [5, 5.41) is 14.7. The lowest BCUT2D eigenvalue weighted by Gasteiger charge is -2.09. The molecule has 1 aromatic heterocycles. The summed E-state index contributed by atoms with van der Waals surface area (Å²) in [6.07, 6.45) is 0. The number of nitrogens with one attached hydrogen (secondary N) is 1. The fraction of sp³-hybridized carbons (Fsp3) is 0.133. The maximum Gasteiger partial charge on any atom is 0.153 e. The van der Waals surface area contributed by atoms with Crippen molar-refractivity contribution in [2.24, 2.45) is 0 Å². The van der Waals surface area contributed by atoms with Crippen LogP contribution in [0.3, 0.4) is 0 Å². The lowest BCUT2D eigenvalue weighted by molar-refractivity contribution is 0.626. The molecule has 6 heteroatoms. The molecule has 5 nitrogen and oxygen atoms in total. The molecular weight excluding hydrogens is 269 g/mol. The van der Waals surface area contributed by atoms with Gasteiger partial charge in [0.05, 0.1) is 5.69 Å². The first-order valence-electron chi connectivity index (χ1n) is 6.56. The minimum Gasteiger partial charge on any atom is -0.381 e. The van der Waals surface area contributed by atoms with Gasteiger partial charge in [0.2, 0.25) is 0 Å². The molecule has 0 saturated heterocycles. The Morgan fingerprint density at radius 2 is 2.00 bits per heavy atom. The van der Waals surface area contributed by atoms with Crippen molar-refractivity contribution >= 4 is 5.69 Å². The summed E-state index contributed by atoms with van der Waals surface area (Å²) in [6.45, 7) is 2.39. The number of hydrogen-bond acceptors (Lipinski definition) is 4. The number of tetrazole rings is 1. The van der Waals surface area contributed by atoms with Crippen molar-refractivity contribution in [1.29, 1.82) is 0 Å². The molecule has 0 amide bonds. The quantitative estimate of drug-likeness (QED) is 0.800. The molecule has 0 unspecified atom stereocenters. The number of anilines is 1. The Labute approximate surface area is 121 Å². The lowest BCUT2D eigenvalue weighted by Crippen LogP contribution is -2.03. The molecule has 1 N–H and O–H groups in total. The molecule has 2 aromatic carbocycles. The van der Waals surface area contributed by atoms with E-state index in [0.29, 0.717) is 6.54 Å². The van der Waals surface area contributed by atoms with Gasteiger partial charge in [0, 0.05) is 12.2 Å². The predicted molar refractivity (Wildman–Crippen MR) is 77.6 cm³/mol. The van der Waals surface area contributed by atoms with Crippen LogP contribution in [0.1, 0.15) is 11.4 Å². The van der Waals surface area contributed by atoms with Crippen LogP contribution in [0.15, 0.2) is 48.5 Å².